The maximum absolute atomic E-state index is 13.8. The highest BCUT2D eigenvalue weighted by atomic mass is 35.5. The molecule has 2 rings (SSSR count). The maximum atomic E-state index is 13.8. The molecule has 5 nitrogen and oxygen atoms in total. The van der Waals surface area contributed by atoms with Crippen molar-refractivity contribution in [2.75, 3.05) is 19.5 Å². The second kappa shape index (κ2) is 4.95. The minimum atomic E-state index is -0.779. The van der Waals surface area contributed by atoms with Gasteiger partial charge in [0, 0.05) is 6.07 Å². The lowest BCUT2D eigenvalue weighted by Crippen LogP contribution is -2.13. The first-order chi connectivity index (χ1) is 8.52. The molecule has 1 aromatic carbocycles. The van der Waals surface area contributed by atoms with Crippen LogP contribution in [0.1, 0.15) is 0 Å². The van der Waals surface area contributed by atoms with Crippen molar-refractivity contribution in [2.24, 2.45) is 0 Å². The van der Waals surface area contributed by atoms with Gasteiger partial charge >= 0.3 is 5.97 Å². The van der Waals surface area contributed by atoms with Gasteiger partial charge in [-0.1, -0.05) is 22.9 Å². The monoisotopic (exact) mass is 290 g/mol. The molecule has 0 spiro atoms. The fraction of sp³-hybridized carbons (Fsp3) is 0.200. The Morgan fingerprint density at radius 1 is 1.67 bits per heavy atom. The molecular weight excluding hydrogens is 283 g/mol. The number of nitrogens with two attached hydrogens (primary N) is 1. The summed E-state index contributed by atoms with van der Waals surface area (Å²) in [6, 6.07) is 1.40. The quantitative estimate of drug-likeness (QED) is 0.877. The van der Waals surface area contributed by atoms with Gasteiger partial charge in [0.1, 0.15) is 10.5 Å². The van der Waals surface area contributed by atoms with Gasteiger partial charge in [0.25, 0.3) is 0 Å². The summed E-state index contributed by atoms with van der Waals surface area (Å²) in [4.78, 5) is 14.8. The first kappa shape index (κ1) is 12.8. The zero-order valence-corrected chi connectivity index (χ0v) is 10.8. The Hall–Kier alpha value is -1.60. The number of fused-ring (bicyclic) bond motifs is 1. The fourth-order valence-electron chi connectivity index (χ4n) is 1.30. The van der Waals surface area contributed by atoms with Crippen LogP contribution in [0.15, 0.2) is 6.07 Å². The lowest BCUT2D eigenvalue weighted by Gasteiger charge is -2.07. The van der Waals surface area contributed by atoms with Gasteiger partial charge in [-0.2, -0.15) is 0 Å². The van der Waals surface area contributed by atoms with Crippen LogP contribution < -0.4 is 10.5 Å². The van der Waals surface area contributed by atoms with E-state index in [-0.39, 0.29) is 21.4 Å². The second-order valence-electron chi connectivity index (χ2n) is 3.27. The summed E-state index contributed by atoms with van der Waals surface area (Å²) >= 11 is 6.96. The van der Waals surface area contributed by atoms with Gasteiger partial charge in [-0.15, -0.1) is 0 Å². The number of thiazole rings is 1. The zero-order chi connectivity index (χ0) is 13.3. The van der Waals surface area contributed by atoms with Gasteiger partial charge < -0.3 is 15.2 Å². The lowest BCUT2D eigenvalue weighted by molar-refractivity contribution is -0.142. The van der Waals surface area contributed by atoms with Crippen LogP contribution in [-0.4, -0.2) is 24.7 Å². The van der Waals surface area contributed by atoms with E-state index in [0.29, 0.717) is 4.70 Å². The Labute approximate surface area is 110 Å². The van der Waals surface area contributed by atoms with Gasteiger partial charge in [-0.05, 0) is 0 Å². The number of carbonyl (C=O) groups excluding carboxylic acids is 1. The van der Waals surface area contributed by atoms with Crippen molar-refractivity contribution in [3.63, 3.8) is 0 Å². The predicted octanol–water partition coefficient (Wildman–Crippen LogP) is 2.22. The van der Waals surface area contributed by atoms with Crippen molar-refractivity contribution in [1.82, 2.24) is 4.98 Å². The summed E-state index contributed by atoms with van der Waals surface area (Å²) in [5.41, 5.74) is 5.79. The number of nitrogen functional groups attached to an aromatic ring is 1. The minimum absolute atomic E-state index is 0.137. The van der Waals surface area contributed by atoms with Crippen molar-refractivity contribution in [2.45, 2.75) is 0 Å². The molecule has 0 aliphatic heterocycles. The molecule has 0 fully saturated rings. The normalized spacial score (nSPS) is 10.6. The third-order valence-corrected chi connectivity index (χ3v) is 3.30. The van der Waals surface area contributed by atoms with Crippen molar-refractivity contribution < 1.29 is 18.7 Å². The molecule has 0 saturated carbocycles. The molecule has 2 N–H and O–H groups in total. The van der Waals surface area contributed by atoms with Gasteiger partial charge in [0.2, 0.25) is 0 Å². The number of benzene rings is 1. The van der Waals surface area contributed by atoms with Gasteiger partial charge in [0.05, 0.1) is 11.8 Å². The van der Waals surface area contributed by atoms with E-state index in [9.17, 15) is 9.18 Å². The van der Waals surface area contributed by atoms with Crippen LogP contribution in [0.2, 0.25) is 5.02 Å². The molecule has 1 heterocycles. The molecule has 96 valence electrons. The van der Waals surface area contributed by atoms with Crippen molar-refractivity contribution in [3.8, 4) is 5.75 Å². The van der Waals surface area contributed by atoms with E-state index in [2.05, 4.69) is 9.72 Å². The number of nitrogens with zero attached hydrogens (tertiary/aromatic N) is 1. The fourth-order valence-corrected chi connectivity index (χ4v) is 2.37. The number of anilines is 1. The lowest BCUT2D eigenvalue weighted by atomic mass is 10.3. The third-order valence-electron chi connectivity index (χ3n) is 2.12. The SMILES string of the molecule is COC(=O)COc1cc2sc(N)nc2c(Cl)c1F. The number of aromatic nitrogens is 1. The number of methoxy groups -OCH3 is 1. The first-order valence-corrected chi connectivity index (χ1v) is 5.96. The summed E-state index contributed by atoms with van der Waals surface area (Å²) < 4.78 is 23.8. The van der Waals surface area contributed by atoms with E-state index in [4.69, 9.17) is 22.1 Å². The molecule has 18 heavy (non-hydrogen) atoms. The average Bonchev–Trinajstić information content (AvgIpc) is 2.72. The number of carbonyl (C=O) groups is 1. The average molecular weight is 291 g/mol. The van der Waals surface area contributed by atoms with E-state index in [0.717, 1.165) is 11.3 Å². The second-order valence-corrected chi connectivity index (χ2v) is 4.71. The molecule has 0 saturated heterocycles. The Morgan fingerprint density at radius 3 is 3.06 bits per heavy atom. The molecule has 0 aliphatic carbocycles. The molecule has 0 radical (unpaired) electrons. The summed E-state index contributed by atoms with van der Waals surface area (Å²) in [6.45, 7) is -0.399. The van der Waals surface area contributed by atoms with E-state index in [1.54, 1.807) is 0 Å². The maximum Gasteiger partial charge on any atom is 0.343 e. The van der Waals surface area contributed by atoms with Gasteiger partial charge in [0.15, 0.2) is 23.3 Å². The predicted molar refractivity (Wildman–Crippen MR) is 66.5 cm³/mol. The van der Waals surface area contributed by atoms with Crippen LogP contribution in [0.25, 0.3) is 10.2 Å². The number of hydrogen-bond acceptors (Lipinski definition) is 6. The molecular formula is C10H8ClFN2O3S. The van der Waals surface area contributed by atoms with Crippen molar-refractivity contribution in [3.05, 3.63) is 16.9 Å². The number of ether oxygens (including phenoxy) is 2. The van der Waals surface area contributed by atoms with E-state index >= 15 is 0 Å². The molecule has 0 unspecified atom stereocenters. The van der Waals surface area contributed by atoms with Gasteiger partial charge in [-0.3, -0.25) is 0 Å². The van der Waals surface area contributed by atoms with Gasteiger partial charge in [-0.25, -0.2) is 14.2 Å². The molecule has 0 atom stereocenters. The van der Waals surface area contributed by atoms with E-state index in [1.165, 1.54) is 13.2 Å². The minimum Gasteiger partial charge on any atom is -0.479 e. The standard InChI is InChI=1S/C10H8ClFN2O3S/c1-16-6(15)3-17-4-2-5-9(7(11)8(4)12)14-10(13)18-5/h2H,3H2,1H3,(H2,13,14). The van der Waals surface area contributed by atoms with E-state index in [1.807, 2.05) is 0 Å². The largest absolute Gasteiger partial charge is 0.479 e. The van der Waals surface area contributed by atoms with Crippen LogP contribution in [0.3, 0.4) is 0 Å². The van der Waals surface area contributed by atoms with Crippen LogP contribution in [0.4, 0.5) is 9.52 Å². The third kappa shape index (κ3) is 2.32. The topological polar surface area (TPSA) is 74.4 Å². The number of hydrogen-bond donors (Lipinski definition) is 1. The van der Waals surface area contributed by atoms with E-state index < -0.39 is 18.4 Å². The highest BCUT2D eigenvalue weighted by molar-refractivity contribution is 7.22. The highest BCUT2D eigenvalue weighted by Gasteiger charge is 2.17. The number of halogens is 2. The van der Waals surface area contributed by atoms with Crippen LogP contribution in [0.5, 0.6) is 5.75 Å². The summed E-state index contributed by atoms with van der Waals surface area (Å²) in [5.74, 6) is -1.53. The zero-order valence-electron chi connectivity index (χ0n) is 9.20. The Kier molecular flexibility index (Phi) is 3.53. The first-order valence-electron chi connectivity index (χ1n) is 4.76. The molecule has 8 heteroatoms. The Balaban J connectivity index is 2.38. The molecule has 0 amide bonds. The smallest absolute Gasteiger partial charge is 0.343 e. The molecule has 0 bridgehead atoms. The van der Waals surface area contributed by atoms with Crippen molar-refractivity contribution in [1.29, 1.82) is 0 Å². The van der Waals surface area contributed by atoms with Crippen LogP contribution in [-0.2, 0) is 9.53 Å². The Bertz CT molecular complexity index is 617. The summed E-state index contributed by atoms with van der Waals surface area (Å²) in [7, 11) is 1.21. The summed E-state index contributed by atoms with van der Waals surface area (Å²) in [5, 5.41) is 0.0942. The molecule has 1 aromatic heterocycles. The number of esters is 1. The van der Waals surface area contributed by atoms with Crippen LogP contribution >= 0.6 is 22.9 Å². The highest BCUT2D eigenvalue weighted by Crippen LogP contribution is 2.36. The number of rotatable bonds is 3. The van der Waals surface area contributed by atoms with Crippen molar-refractivity contribution >= 4 is 44.3 Å². The molecule has 2 aromatic rings. The summed E-state index contributed by atoms with van der Waals surface area (Å²) in [6.07, 6.45) is 0. The van der Waals surface area contributed by atoms with Crippen LogP contribution in [0, 0.1) is 5.82 Å². The molecule has 0 aliphatic rings. The Morgan fingerprint density at radius 2 is 2.39 bits per heavy atom.